The number of aromatic hydroxyl groups is 1. The summed E-state index contributed by atoms with van der Waals surface area (Å²) in [4.78, 5) is 7.77. The molecule has 7 heteroatoms. The molecule has 3 aromatic rings. The van der Waals surface area contributed by atoms with Crippen molar-refractivity contribution in [3.8, 4) is 11.8 Å². The minimum absolute atomic E-state index is 0.000197. The topological polar surface area (TPSA) is 76.5 Å². The second-order valence-corrected chi connectivity index (χ2v) is 5.42. The first-order valence-corrected chi connectivity index (χ1v) is 8.00. The number of hydrogen-bond acceptors (Lipinski definition) is 6. The van der Waals surface area contributed by atoms with Crippen LogP contribution in [0.1, 0.15) is 11.1 Å². The van der Waals surface area contributed by atoms with Gasteiger partial charge in [-0.3, -0.25) is 0 Å². The minimum Gasteiger partial charge on any atom is -0.508 e. The van der Waals surface area contributed by atoms with Crippen molar-refractivity contribution in [1.29, 1.82) is 0 Å². The van der Waals surface area contributed by atoms with E-state index in [1.165, 1.54) is 0 Å². The number of anilines is 1. The molecule has 1 aromatic heterocycles. The Balaban J connectivity index is 1.53. The van der Waals surface area contributed by atoms with Gasteiger partial charge in [0.15, 0.2) is 11.6 Å². The molecular formula is C19H18FN3O3. The zero-order chi connectivity index (χ0) is 18.2. The summed E-state index contributed by atoms with van der Waals surface area (Å²) >= 11 is 0. The maximum Gasteiger partial charge on any atom is 0.318 e. The van der Waals surface area contributed by atoms with E-state index in [-0.39, 0.29) is 30.9 Å². The Hall–Kier alpha value is -3.19. The summed E-state index contributed by atoms with van der Waals surface area (Å²) in [7, 11) is 0. The molecule has 26 heavy (non-hydrogen) atoms. The molecule has 0 atom stereocenters. The standard InChI is InChI=1S/C19H18FN3O3/c20-16-10-21-19(26-12-15-8-4-5-9-17(15)24)23-18(16)22-13-25-11-14-6-2-1-3-7-14/h1-10,24H,11-13H2,(H,21,22,23). The molecule has 0 saturated carbocycles. The maximum atomic E-state index is 13.8. The van der Waals surface area contributed by atoms with Crippen LogP contribution in [0.15, 0.2) is 60.8 Å². The van der Waals surface area contributed by atoms with Gasteiger partial charge in [-0.1, -0.05) is 48.5 Å². The van der Waals surface area contributed by atoms with Crippen LogP contribution in [0.2, 0.25) is 0 Å². The van der Waals surface area contributed by atoms with Crippen LogP contribution < -0.4 is 10.1 Å². The number of ether oxygens (including phenoxy) is 2. The number of nitrogens with zero attached hydrogens (tertiary/aromatic N) is 2. The summed E-state index contributed by atoms with van der Waals surface area (Å²) in [5.74, 6) is -0.508. The predicted octanol–water partition coefficient (Wildman–Crippen LogP) is 3.49. The van der Waals surface area contributed by atoms with Crippen LogP contribution in [-0.2, 0) is 18.0 Å². The highest BCUT2D eigenvalue weighted by Crippen LogP contribution is 2.18. The van der Waals surface area contributed by atoms with Crippen molar-refractivity contribution in [3.05, 3.63) is 77.7 Å². The molecule has 2 N–H and O–H groups in total. The number of para-hydroxylation sites is 1. The molecule has 134 valence electrons. The summed E-state index contributed by atoms with van der Waals surface area (Å²) < 4.78 is 24.7. The summed E-state index contributed by atoms with van der Waals surface area (Å²) in [6.07, 6.45) is 1.02. The van der Waals surface area contributed by atoms with Gasteiger partial charge in [-0.05, 0) is 11.6 Å². The highest BCUT2D eigenvalue weighted by Gasteiger charge is 2.09. The SMILES string of the molecule is Oc1ccccc1COc1ncc(F)c(NCOCc2ccccc2)n1. The Bertz CT molecular complexity index is 846. The number of phenols is 1. The van der Waals surface area contributed by atoms with Crippen molar-refractivity contribution in [1.82, 2.24) is 9.97 Å². The van der Waals surface area contributed by atoms with Crippen molar-refractivity contribution < 1.29 is 19.0 Å². The number of rotatable bonds is 8. The van der Waals surface area contributed by atoms with Crippen LogP contribution >= 0.6 is 0 Å². The van der Waals surface area contributed by atoms with E-state index in [9.17, 15) is 9.50 Å². The quantitative estimate of drug-likeness (QED) is 0.476. The van der Waals surface area contributed by atoms with E-state index in [2.05, 4.69) is 15.3 Å². The molecule has 0 radical (unpaired) electrons. The van der Waals surface area contributed by atoms with Crippen molar-refractivity contribution in [3.63, 3.8) is 0 Å². The Morgan fingerprint density at radius 2 is 1.77 bits per heavy atom. The largest absolute Gasteiger partial charge is 0.508 e. The fourth-order valence-corrected chi connectivity index (χ4v) is 2.18. The van der Waals surface area contributed by atoms with E-state index in [4.69, 9.17) is 9.47 Å². The fraction of sp³-hybridized carbons (Fsp3) is 0.158. The fourth-order valence-electron chi connectivity index (χ4n) is 2.18. The number of hydrogen-bond donors (Lipinski definition) is 2. The average Bonchev–Trinajstić information content (AvgIpc) is 2.67. The van der Waals surface area contributed by atoms with E-state index in [1.54, 1.807) is 24.3 Å². The van der Waals surface area contributed by atoms with Crippen LogP contribution in [0.3, 0.4) is 0 Å². The van der Waals surface area contributed by atoms with E-state index < -0.39 is 5.82 Å². The Morgan fingerprint density at radius 3 is 2.58 bits per heavy atom. The normalized spacial score (nSPS) is 10.5. The molecule has 6 nitrogen and oxygen atoms in total. The Labute approximate surface area is 150 Å². The number of aromatic nitrogens is 2. The molecule has 0 bridgehead atoms. The first-order valence-electron chi connectivity index (χ1n) is 8.00. The maximum absolute atomic E-state index is 13.8. The van der Waals surface area contributed by atoms with Crippen LogP contribution in [0.25, 0.3) is 0 Å². The van der Waals surface area contributed by atoms with E-state index in [0.29, 0.717) is 12.2 Å². The molecule has 0 unspecified atom stereocenters. The Kier molecular flexibility index (Phi) is 5.95. The predicted molar refractivity (Wildman–Crippen MR) is 94.1 cm³/mol. The molecule has 3 rings (SSSR count). The second kappa shape index (κ2) is 8.77. The van der Waals surface area contributed by atoms with Gasteiger partial charge in [0.2, 0.25) is 0 Å². The molecule has 0 saturated heterocycles. The Morgan fingerprint density at radius 1 is 1.00 bits per heavy atom. The summed E-state index contributed by atoms with van der Waals surface area (Å²) in [6, 6.07) is 16.4. The lowest BCUT2D eigenvalue weighted by atomic mass is 10.2. The molecule has 0 spiro atoms. The summed E-state index contributed by atoms with van der Waals surface area (Å²) in [5, 5.41) is 12.5. The highest BCUT2D eigenvalue weighted by atomic mass is 19.1. The lowest BCUT2D eigenvalue weighted by Crippen LogP contribution is -2.10. The van der Waals surface area contributed by atoms with Gasteiger partial charge in [0, 0.05) is 5.56 Å². The van der Waals surface area contributed by atoms with Crippen molar-refractivity contribution in [2.75, 3.05) is 12.0 Å². The smallest absolute Gasteiger partial charge is 0.318 e. The minimum atomic E-state index is -0.608. The van der Waals surface area contributed by atoms with E-state index >= 15 is 0 Å². The summed E-state index contributed by atoms with van der Waals surface area (Å²) in [6.45, 7) is 0.557. The average molecular weight is 355 g/mol. The zero-order valence-corrected chi connectivity index (χ0v) is 13.9. The van der Waals surface area contributed by atoms with Crippen LogP contribution in [0, 0.1) is 5.82 Å². The van der Waals surface area contributed by atoms with Gasteiger partial charge in [-0.25, -0.2) is 9.37 Å². The molecule has 0 aliphatic heterocycles. The van der Waals surface area contributed by atoms with E-state index in [0.717, 1.165) is 11.8 Å². The van der Waals surface area contributed by atoms with Gasteiger partial charge in [0.25, 0.3) is 0 Å². The molecular weight excluding hydrogens is 337 g/mol. The second-order valence-electron chi connectivity index (χ2n) is 5.42. The van der Waals surface area contributed by atoms with Crippen LogP contribution in [-0.4, -0.2) is 21.8 Å². The highest BCUT2D eigenvalue weighted by molar-refractivity contribution is 5.36. The van der Waals surface area contributed by atoms with Gasteiger partial charge in [-0.2, -0.15) is 4.98 Å². The molecule has 1 heterocycles. The van der Waals surface area contributed by atoms with Crippen LogP contribution in [0.4, 0.5) is 10.2 Å². The first-order chi connectivity index (χ1) is 12.7. The zero-order valence-electron chi connectivity index (χ0n) is 13.9. The molecule has 0 aliphatic carbocycles. The number of phenolic OH excluding ortho intramolecular Hbond substituents is 1. The third kappa shape index (κ3) is 4.90. The van der Waals surface area contributed by atoms with Crippen LogP contribution in [0.5, 0.6) is 11.8 Å². The van der Waals surface area contributed by atoms with Gasteiger partial charge in [-0.15, -0.1) is 0 Å². The number of benzene rings is 2. The van der Waals surface area contributed by atoms with Gasteiger partial charge in [0.05, 0.1) is 12.8 Å². The number of nitrogens with one attached hydrogen (secondary N) is 1. The third-order valence-corrected chi connectivity index (χ3v) is 3.52. The molecule has 0 amide bonds. The van der Waals surface area contributed by atoms with Gasteiger partial charge >= 0.3 is 6.01 Å². The summed E-state index contributed by atoms with van der Waals surface area (Å²) in [5.41, 5.74) is 1.60. The molecule has 0 fully saturated rings. The monoisotopic (exact) mass is 355 g/mol. The van der Waals surface area contributed by atoms with E-state index in [1.807, 2.05) is 30.3 Å². The van der Waals surface area contributed by atoms with Crippen molar-refractivity contribution in [2.45, 2.75) is 13.2 Å². The van der Waals surface area contributed by atoms with Gasteiger partial charge < -0.3 is 19.9 Å². The van der Waals surface area contributed by atoms with Crippen molar-refractivity contribution in [2.24, 2.45) is 0 Å². The lowest BCUT2D eigenvalue weighted by molar-refractivity contribution is 0.138. The molecule has 0 aliphatic rings. The number of halogens is 1. The molecule has 2 aromatic carbocycles. The van der Waals surface area contributed by atoms with Gasteiger partial charge in [0.1, 0.15) is 19.1 Å². The van der Waals surface area contributed by atoms with Crippen molar-refractivity contribution >= 4 is 5.82 Å². The third-order valence-electron chi connectivity index (χ3n) is 3.52. The first kappa shape index (κ1) is 17.6. The lowest BCUT2D eigenvalue weighted by Gasteiger charge is -2.10.